The normalized spacial score (nSPS) is 18.0. The Kier molecular flexibility index (Phi) is 7.25. The Hall–Kier alpha value is -1.15. The molecule has 1 aliphatic heterocycles. The molecule has 1 fully saturated rings. The van der Waals surface area contributed by atoms with E-state index in [0.717, 1.165) is 0 Å². The summed E-state index contributed by atoms with van der Waals surface area (Å²) in [6.45, 7) is 3.06. The van der Waals surface area contributed by atoms with Crippen molar-refractivity contribution < 1.29 is 17.9 Å². The van der Waals surface area contributed by atoms with Crippen LogP contribution in [-0.4, -0.2) is 51.5 Å². The third kappa shape index (κ3) is 5.95. The zero-order valence-electron chi connectivity index (χ0n) is 14.6. The lowest BCUT2D eigenvalue weighted by atomic mass is 9.97. The van der Waals surface area contributed by atoms with Crippen LogP contribution in [0.5, 0.6) is 0 Å². The molecule has 1 amide bonds. The summed E-state index contributed by atoms with van der Waals surface area (Å²) in [6, 6.07) is 6.82. The molecule has 1 aliphatic rings. The van der Waals surface area contributed by atoms with Gasteiger partial charge in [0.05, 0.1) is 12.4 Å². The summed E-state index contributed by atoms with van der Waals surface area (Å²) in [5, 5.41) is 3.43. The molecule has 25 heavy (non-hydrogen) atoms. The number of methoxy groups -OCH3 is 1. The molecule has 0 radical (unpaired) electrons. The van der Waals surface area contributed by atoms with Crippen LogP contribution in [0.4, 0.5) is 0 Å². The van der Waals surface area contributed by atoms with Gasteiger partial charge in [-0.2, -0.15) is 0 Å². The van der Waals surface area contributed by atoms with E-state index < -0.39 is 10.0 Å². The first-order valence-electron chi connectivity index (χ1n) is 8.33. The highest BCUT2D eigenvalue weighted by Crippen LogP contribution is 2.22. The lowest BCUT2D eigenvalue weighted by Gasteiger charge is -2.31. The average Bonchev–Trinajstić information content (AvgIpc) is 2.54. The molecule has 1 aromatic carbocycles. The molecular formula is C17H25ClN2O4S. The smallest absolute Gasteiger partial charge is 0.223 e. The number of halogens is 1. The number of sulfonamides is 1. The van der Waals surface area contributed by atoms with Gasteiger partial charge in [0.25, 0.3) is 0 Å². The van der Waals surface area contributed by atoms with Gasteiger partial charge in [0, 0.05) is 37.2 Å². The van der Waals surface area contributed by atoms with Crippen molar-refractivity contribution in [3.05, 3.63) is 34.9 Å². The van der Waals surface area contributed by atoms with Crippen LogP contribution in [0.15, 0.2) is 24.3 Å². The predicted molar refractivity (Wildman–Crippen MR) is 97.9 cm³/mol. The van der Waals surface area contributed by atoms with E-state index >= 15 is 0 Å². The van der Waals surface area contributed by atoms with Crippen LogP contribution < -0.4 is 5.32 Å². The van der Waals surface area contributed by atoms with E-state index in [1.54, 1.807) is 31.4 Å². The fourth-order valence-electron chi connectivity index (χ4n) is 2.98. The van der Waals surface area contributed by atoms with Crippen LogP contribution in [0.3, 0.4) is 0 Å². The molecule has 0 aliphatic carbocycles. The van der Waals surface area contributed by atoms with Crippen molar-refractivity contribution in [2.24, 2.45) is 5.92 Å². The number of benzene rings is 1. The molecule has 0 saturated carbocycles. The van der Waals surface area contributed by atoms with Crippen LogP contribution in [0.25, 0.3) is 0 Å². The zero-order chi connectivity index (χ0) is 18.4. The summed E-state index contributed by atoms with van der Waals surface area (Å²) in [5.41, 5.74) is 0.667. The SMILES string of the molecule is COCC(C)NC(=O)C1CCN(S(=O)(=O)Cc2cccc(Cl)c2)CC1. The van der Waals surface area contributed by atoms with E-state index in [1.165, 1.54) is 4.31 Å². The molecule has 140 valence electrons. The van der Waals surface area contributed by atoms with Crippen molar-refractivity contribution in [3.63, 3.8) is 0 Å². The Morgan fingerprint density at radius 1 is 1.40 bits per heavy atom. The molecule has 1 N–H and O–H groups in total. The van der Waals surface area contributed by atoms with Crippen LogP contribution in [-0.2, 0) is 25.3 Å². The molecule has 0 spiro atoms. The average molecular weight is 389 g/mol. The van der Waals surface area contributed by atoms with Crippen LogP contribution in [0, 0.1) is 5.92 Å². The molecule has 0 bridgehead atoms. The minimum absolute atomic E-state index is 0.0311. The number of carbonyl (C=O) groups is 1. The number of nitrogens with zero attached hydrogens (tertiary/aromatic N) is 1. The van der Waals surface area contributed by atoms with E-state index in [9.17, 15) is 13.2 Å². The van der Waals surface area contributed by atoms with Crippen molar-refractivity contribution in [2.45, 2.75) is 31.6 Å². The molecular weight excluding hydrogens is 364 g/mol. The van der Waals surface area contributed by atoms with Gasteiger partial charge < -0.3 is 10.1 Å². The number of ether oxygens (including phenoxy) is 1. The maximum atomic E-state index is 12.6. The monoisotopic (exact) mass is 388 g/mol. The third-order valence-corrected chi connectivity index (χ3v) is 6.35. The fourth-order valence-corrected chi connectivity index (χ4v) is 4.74. The number of rotatable bonds is 7. The summed E-state index contributed by atoms with van der Waals surface area (Å²) in [7, 11) is -1.82. The number of carbonyl (C=O) groups excluding carboxylic acids is 1. The summed E-state index contributed by atoms with van der Waals surface area (Å²) in [6.07, 6.45) is 1.06. The molecule has 1 saturated heterocycles. The maximum absolute atomic E-state index is 12.6. The summed E-state index contributed by atoms with van der Waals surface area (Å²) >= 11 is 5.92. The molecule has 8 heteroatoms. The highest BCUT2D eigenvalue weighted by Gasteiger charge is 2.31. The Labute approximate surface area is 154 Å². The summed E-state index contributed by atoms with van der Waals surface area (Å²) < 4.78 is 31.6. The van der Waals surface area contributed by atoms with E-state index in [-0.39, 0.29) is 23.6 Å². The van der Waals surface area contributed by atoms with Gasteiger partial charge in [-0.15, -0.1) is 0 Å². The van der Waals surface area contributed by atoms with Crippen molar-refractivity contribution in [1.82, 2.24) is 9.62 Å². The number of amides is 1. The zero-order valence-corrected chi connectivity index (χ0v) is 16.1. The Balaban J connectivity index is 1.89. The van der Waals surface area contributed by atoms with Crippen LogP contribution >= 0.6 is 11.6 Å². The van der Waals surface area contributed by atoms with Gasteiger partial charge >= 0.3 is 0 Å². The molecule has 1 unspecified atom stereocenters. The first-order chi connectivity index (χ1) is 11.8. The third-order valence-electron chi connectivity index (χ3n) is 4.26. The number of nitrogens with one attached hydrogen (secondary N) is 1. The minimum Gasteiger partial charge on any atom is -0.383 e. The number of piperidine rings is 1. The lowest BCUT2D eigenvalue weighted by Crippen LogP contribution is -2.45. The first kappa shape index (κ1) is 20.2. The van der Waals surface area contributed by atoms with Gasteiger partial charge in [-0.1, -0.05) is 23.7 Å². The Bertz CT molecular complexity index is 688. The van der Waals surface area contributed by atoms with Crippen molar-refractivity contribution in [1.29, 1.82) is 0 Å². The van der Waals surface area contributed by atoms with Crippen molar-refractivity contribution in [3.8, 4) is 0 Å². The van der Waals surface area contributed by atoms with Gasteiger partial charge in [-0.05, 0) is 37.5 Å². The van der Waals surface area contributed by atoms with Crippen molar-refractivity contribution >= 4 is 27.5 Å². The largest absolute Gasteiger partial charge is 0.383 e. The van der Waals surface area contributed by atoms with Gasteiger partial charge in [0.15, 0.2) is 0 Å². The van der Waals surface area contributed by atoms with E-state index in [1.807, 2.05) is 6.92 Å². The Morgan fingerprint density at radius 2 is 2.08 bits per heavy atom. The van der Waals surface area contributed by atoms with Gasteiger partial charge in [-0.3, -0.25) is 4.79 Å². The molecule has 1 atom stereocenters. The highest BCUT2D eigenvalue weighted by atomic mass is 35.5. The Morgan fingerprint density at radius 3 is 2.68 bits per heavy atom. The summed E-state index contributed by atoms with van der Waals surface area (Å²) in [4.78, 5) is 12.2. The molecule has 6 nitrogen and oxygen atoms in total. The second-order valence-electron chi connectivity index (χ2n) is 6.42. The second-order valence-corrected chi connectivity index (χ2v) is 8.83. The number of hydrogen-bond donors (Lipinski definition) is 1. The lowest BCUT2D eigenvalue weighted by molar-refractivity contribution is -0.127. The van der Waals surface area contributed by atoms with Gasteiger partial charge in [0.2, 0.25) is 15.9 Å². The predicted octanol–water partition coefficient (Wildman–Crippen LogP) is 2.03. The van der Waals surface area contributed by atoms with E-state index in [0.29, 0.717) is 43.1 Å². The quantitative estimate of drug-likeness (QED) is 0.775. The fraction of sp³-hybridized carbons (Fsp3) is 0.588. The number of hydrogen-bond acceptors (Lipinski definition) is 4. The topological polar surface area (TPSA) is 75.7 Å². The standard InChI is InChI=1S/C17H25ClN2O4S/c1-13(11-24-2)19-17(21)15-6-8-20(9-7-15)25(22,23)12-14-4-3-5-16(18)10-14/h3-5,10,13,15H,6-9,11-12H2,1-2H3,(H,19,21). The summed E-state index contributed by atoms with van der Waals surface area (Å²) in [5.74, 6) is -0.261. The molecule has 0 aromatic heterocycles. The second kappa shape index (κ2) is 8.98. The molecule has 2 rings (SSSR count). The highest BCUT2D eigenvalue weighted by molar-refractivity contribution is 7.88. The first-order valence-corrected chi connectivity index (χ1v) is 10.3. The maximum Gasteiger partial charge on any atom is 0.223 e. The van der Waals surface area contributed by atoms with Gasteiger partial charge in [-0.25, -0.2) is 12.7 Å². The van der Waals surface area contributed by atoms with E-state index in [4.69, 9.17) is 16.3 Å². The molecule has 1 heterocycles. The molecule has 1 aromatic rings. The van der Waals surface area contributed by atoms with Crippen LogP contribution in [0.1, 0.15) is 25.3 Å². The van der Waals surface area contributed by atoms with Crippen LogP contribution in [0.2, 0.25) is 5.02 Å². The minimum atomic E-state index is -3.41. The van der Waals surface area contributed by atoms with E-state index in [2.05, 4.69) is 5.32 Å². The van der Waals surface area contributed by atoms with Gasteiger partial charge in [0.1, 0.15) is 0 Å². The van der Waals surface area contributed by atoms with Crippen molar-refractivity contribution in [2.75, 3.05) is 26.8 Å².